The Morgan fingerprint density at radius 1 is 1.16 bits per heavy atom. The number of para-hydroxylation sites is 1. The van der Waals surface area contributed by atoms with Gasteiger partial charge in [-0.3, -0.25) is 4.79 Å². The van der Waals surface area contributed by atoms with Gasteiger partial charge < -0.3 is 24.7 Å². The Kier molecular flexibility index (Phi) is 7.22. The summed E-state index contributed by atoms with van der Waals surface area (Å²) < 4.78 is 10.7. The first kappa shape index (κ1) is 21.4. The SMILES string of the molecule is COc1ccc([C@@H](CC(=O)NCCC[NH+]2CCOCC2)c2c[nH]c3ccccc23)cc1. The minimum absolute atomic E-state index is 0.0214. The predicted molar refractivity (Wildman–Crippen MR) is 122 cm³/mol. The molecule has 0 saturated carbocycles. The topological polar surface area (TPSA) is 67.8 Å². The van der Waals surface area contributed by atoms with Gasteiger partial charge in [0.15, 0.2) is 0 Å². The lowest BCUT2D eigenvalue weighted by molar-refractivity contribution is -0.908. The van der Waals surface area contributed by atoms with Crippen molar-refractivity contribution in [1.29, 1.82) is 0 Å². The first-order valence-corrected chi connectivity index (χ1v) is 11.1. The zero-order valence-electron chi connectivity index (χ0n) is 18.2. The highest BCUT2D eigenvalue weighted by Gasteiger charge is 2.21. The molecule has 0 unspecified atom stereocenters. The lowest BCUT2D eigenvalue weighted by Gasteiger charge is -2.23. The van der Waals surface area contributed by atoms with Crippen LogP contribution >= 0.6 is 0 Å². The summed E-state index contributed by atoms with van der Waals surface area (Å²) >= 11 is 0. The summed E-state index contributed by atoms with van der Waals surface area (Å²) in [4.78, 5) is 17.8. The number of amides is 1. The lowest BCUT2D eigenvalue weighted by Crippen LogP contribution is -3.14. The highest BCUT2D eigenvalue weighted by Crippen LogP contribution is 2.34. The van der Waals surface area contributed by atoms with Crippen LogP contribution in [0.1, 0.15) is 29.9 Å². The molecule has 31 heavy (non-hydrogen) atoms. The van der Waals surface area contributed by atoms with Crippen LogP contribution in [-0.2, 0) is 9.53 Å². The Balaban J connectivity index is 1.43. The molecule has 0 bridgehead atoms. The zero-order valence-corrected chi connectivity index (χ0v) is 18.2. The van der Waals surface area contributed by atoms with Gasteiger partial charge in [-0.2, -0.15) is 0 Å². The molecule has 4 rings (SSSR count). The average Bonchev–Trinajstić information content (AvgIpc) is 3.25. The number of fused-ring (bicyclic) bond motifs is 1. The average molecular weight is 423 g/mol. The molecular formula is C25H32N3O3+. The summed E-state index contributed by atoms with van der Waals surface area (Å²) in [6.07, 6.45) is 3.44. The maximum Gasteiger partial charge on any atom is 0.220 e. The van der Waals surface area contributed by atoms with E-state index in [9.17, 15) is 4.79 Å². The number of hydrogen-bond acceptors (Lipinski definition) is 3. The second-order valence-corrected chi connectivity index (χ2v) is 8.14. The van der Waals surface area contributed by atoms with E-state index < -0.39 is 0 Å². The molecular weight excluding hydrogens is 390 g/mol. The smallest absolute Gasteiger partial charge is 0.220 e. The molecule has 3 aromatic rings. The fraction of sp³-hybridized carbons (Fsp3) is 0.400. The van der Waals surface area contributed by atoms with Crippen LogP contribution < -0.4 is 15.0 Å². The third-order valence-corrected chi connectivity index (χ3v) is 6.13. The largest absolute Gasteiger partial charge is 0.497 e. The molecule has 0 spiro atoms. The first-order chi connectivity index (χ1) is 15.2. The van der Waals surface area contributed by atoms with Crippen molar-refractivity contribution >= 4 is 16.8 Å². The van der Waals surface area contributed by atoms with Crippen molar-refractivity contribution in [2.75, 3.05) is 46.5 Å². The van der Waals surface area contributed by atoms with Gasteiger partial charge in [0.1, 0.15) is 18.8 Å². The molecule has 3 N–H and O–H groups in total. The molecule has 0 aliphatic carbocycles. The molecule has 2 heterocycles. The Labute approximate surface area is 183 Å². The van der Waals surface area contributed by atoms with Crippen molar-refractivity contribution in [3.05, 3.63) is 65.9 Å². The van der Waals surface area contributed by atoms with Crippen molar-refractivity contribution < 1.29 is 19.2 Å². The van der Waals surface area contributed by atoms with E-state index in [1.165, 1.54) is 0 Å². The first-order valence-electron chi connectivity index (χ1n) is 11.1. The second kappa shape index (κ2) is 10.5. The number of quaternary nitrogens is 1. The van der Waals surface area contributed by atoms with Crippen molar-refractivity contribution in [2.24, 2.45) is 0 Å². The molecule has 1 aromatic heterocycles. The minimum atomic E-state index is -0.0214. The number of methoxy groups -OCH3 is 1. The molecule has 1 amide bonds. The van der Waals surface area contributed by atoms with Crippen LogP contribution in [0.4, 0.5) is 0 Å². The van der Waals surface area contributed by atoms with E-state index in [0.717, 1.165) is 67.0 Å². The van der Waals surface area contributed by atoms with E-state index in [1.54, 1.807) is 12.0 Å². The molecule has 164 valence electrons. The monoisotopic (exact) mass is 422 g/mol. The van der Waals surface area contributed by atoms with Crippen LogP contribution in [0, 0.1) is 0 Å². The quantitative estimate of drug-likeness (QED) is 0.463. The predicted octanol–water partition coefficient (Wildman–Crippen LogP) is 2.12. The number of nitrogens with one attached hydrogen (secondary N) is 3. The number of benzene rings is 2. The molecule has 1 saturated heterocycles. The van der Waals surface area contributed by atoms with Crippen LogP contribution in [-0.4, -0.2) is 57.4 Å². The Bertz CT molecular complexity index is 977. The van der Waals surface area contributed by atoms with Gasteiger partial charge in [-0.05, 0) is 29.3 Å². The molecule has 1 aliphatic heterocycles. The van der Waals surface area contributed by atoms with Crippen LogP contribution in [0.15, 0.2) is 54.7 Å². The number of carbonyl (C=O) groups is 1. The normalized spacial score (nSPS) is 15.6. The van der Waals surface area contributed by atoms with Crippen LogP contribution in [0.2, 0.25) is 0 Å². The molecule has 1 aliphatic rings. The number of aromatic amines is 1. The van der Waals surface area contributed by atoms with Crippen molar-refractivity contribution in [3.8, 4) is 5.75 Å². The number of hydrogen-bond donors (Lipinski definition) is 3. The third-order valence-electron chi connectivity index (χ3n) is 6.13. The number of H-pyrrole nitrogens is 1. The van der Waals surface area contributed by atoms with Gasteiger partial charge in [-0.1, -0.05) is 30.3 Å². The van der Waals surface area contributed by atoms with Crippen LogP contribution in [0.3, 0.4) is 0 Å². The fourth-order valence-corrected chi connectivity index (χ4v) is 4.36. The number of ether oxygens (including phenoxy) is 2. The summed E-state index contributed by atoms with van der Waals surface area (Å²) in [6, 6.07) is 16.3. The summed E-state index contributed by atoms with van der Waals surface area (Å²) in [5, 5.41) is 4.30. The summed E-state index contributed by atoms with van der Waals surface area (Å²) in [6.45, 7) is 5.61. The van der Waals surface area contributed by atoms with Crippen molar-refractivity contribution in [3.63, 3.8) is 0 Å². The van der Waals surface area contributed by atoms with Gasteiger partial charge in [-0.15, -0.1) is 0 Å². The van der Waals surface area contributed by atoms with Gasteiger partial charge >= 0.3 is 0 Å². The standard InChI is InChI=1S/C25H31N3O3/c1-30-20-9-7-19(8-10-20)22(23-18-27-24-6-3-2-5-21(23)24)17-25(29)26-11-4-12-28-13-15-31-16-14-28/h2-3,5-10,18,22,27H,4,11-17H2,1H3,(H,26,29)/p+1/t22-/m1/s1. The van der Waals surface area contributed by atoms with E-state index in [1.807, 2.05) is 30.5 Å². The van der Waals surface area contributed by atoms with Crippen LogP contribution in [0.25, 0.3) is 10.9 Å². The van der Waals surface area contributed by atoms with Gasteiger partial charge in [-0.25, -0.2) is 0 Å². The van der Waals surface area contributed by atoms with E-state index in [4.69, 9.17) is 9.47 Å². The number of morpholine rings is 1. The van der Waals surface area contributed by atoms with Crippen molar-refractivity contribution in [2.45, 2.75) is 18.8 Å². The zero-order chi connectivity index (χ0) is 21.5. The summed E-state index contributed by atoms with van der Waals surface area (Å²) in [5.41, 5.74) is 3.34. The fourth-order valence-electron chi connectivity index (χ4n) is 4.36. The van der Waals surface area contributed by atoms with Crippen molar-refractivity contribution in [1.82, 2.24) is 10.3 Å². The van der Waals surface area contributed by atoms with Gasteiger partial charge in [0, 0.05) is 42.4 Å². The molecule has 1 atom stereocenters. The van der Waals surface area contributed by atoms with Gasteiger partial charge in [0.05, 0.1) is 26.9 Å². The van der Waals surface area contributed by atoms with E-state index in [0.29, 0.717) is 13.0 Å². The van der Waals surface area contributed by atoms with E-state index >= 15 is 0 Å². The number of aromatic nitrogens is 1. The van der Waals surface area contributed by atoms with E-state index in [-0.39, 0.29) is 11.8 Å². The molecule has 6 nitrogen and oxygen atoms in total. The summed E-state index contributed by atoms with van der Waals surface area (Å²) in [7, 11) is 1.66. The Morgan fingerprint density at radius 2 is 1.94 bits per heavy atom. The highest BCUT2D eigenvalue weighted by atomic mass is 16.5. The number of carbonyl (C=O) groups excluding carboxylic acids is 1. The molecule has 0 radical (unpaired) electrons. The Hall–Kier alpha value is -2.83. The summed E-state index contributed by atoms with van der Waals surface area (Å²) in [5.74, 6) is 0.881. The lowest BCUT2D eigenvalue weighted by atomic mass is 9.88. The maximum absolute atomic E-state index is 12.9. The van der Waals surface area contributed by atoms with Gasteiger partial charge in [0.25, 0.3) is 0 Å². The van der Waals surface area contributed by atoms with Gasteiger partial charge in [0.2, 0.25) is 5.91 Å². The maximum atomic E-state index is 12.9. The molecule has 2 aromatic carbocycles. The van der Waals surface area contributed by atoms with E-state index in [2.05, 4.69) is 34.6 Å². The third kappa shape index (κ3) is 5.46. The minimum Gasteiger partial charge on any atom is -0.497 e. The van der Waals surface area contributed by atoms with Crippen LogP contribution in [0.5, 0.6) is 5.75 Å². The number of rotatable bonds is 9. The molecule has 1 fully saturated rings. The highest BCUT2D eigenvalue weighted by molar-refractivity contribution is 5.86. The second-order valence-electron chi connectivity index (χ2n) is 8.14. The molecule has 6 heteroatoms. The Morgan fingerprint density at radius 3 is 2.71 bits per heavy atom.